The molecular formula is C40H51F3N6O7. The molecule has 3 heterocycles. The Kier molecular flexibility index (Phi) is 15.9. The molecule has 1 aromatic heterocycles. The van der Waals surface area contributed by atoms with E-state index in [1.54, 1.807) is 13.3 Å². The molecule has 3 atom stereocenters. The van der Waals surface area contributed by atoms with Gasteiger partial charge in [0.15, 0.2) is 0 Å². The third-order valence-corrected chi connectivity index (χ3v) is 9.93. The van der Waals surface area contributed by atoms with Gasteiger partial charge in [0.25, 0.3) is 11.8 Å². The van der Waals surface area contributed by atoms with E-state index in [1.807, 2.05) is 60.7 Å². The Labute approximate surface area is 324 Å². The summed E-state index contributed by atoms with van der Waals surface area (Å²) < 4.78 is 51.4. The predicted molar refractivity (Wildman–Crippen MR) is 201 cm³/mol. The van der Waals surface area contributed by atoms with Crippen molar-refractivity contribution in [2.75, 3.05) is 73.2 Å². The van der Waals surface area contributed by atoms with Crippen LogP contribution >= 0.6 is 0 Å². The third-order valence-electron chi connectivity index (χ3n) is 9.93. The van der Waals surface area contributed by atoms with Gasteiger partial charge in [-0.25, -0.2) is 18.2 Å². The van der Waals surface area contributed by atoms with Gasteiger partial charge in [0.05, 0.1) is 18.3 Å². The number of halogens is 3. The number of carbonyl (C=O) groups is 4. The SMILES string of the molecule is COCCC(C)(C)C(c1nc(-c2cc(F)ccc2F)cn1Cc1ccccc1)N(CC1CN(C)CC1F)C(=O)CO.O=CN(CCO)CCN1C(=O)C=CC1=O. The molecule has 1 saturated heterocycles. The number of imide groups is 1. The van der Waals surface area contributed by atoms with E-state index in [1.165, 1.54) is 22.0 Å². The van der Waals surface area contributed by atoms with Gasteiger partial charge in [-0.15, -0.1) is 0 Å². The lowest BCUT2D eigenvalue weighted by Crippen LogP contribution is -2.48. The number of aromatic nitrogens is 2. The molecule has 0 aliphatic carbocycles. The van der Waals surface area contributed by atoms with Gasteiger partial charge in [0, 0.05) is 89.4 Å². The van der Waals surface area contributed by atoms with Crippen molar-refractivity contribution >= 4 is 24.1 Å². The average molecular weight is 785 g/mol. The Morgan fingerprint density at radius 3 is 2.36 bits per heavy atom. The summed E-state index contributed by atoms with van der Waals surface area (Å²) in [5, 5.41) is 18.7. The van der Waals surface area contributed by atoms with Crippen molar-refractivity contribution < 1.29 is 47.3 Å². The number of amides is 4. The zero-order valence-electron chi connectivity index (χ0n) is 32.2. The van der Waals surface area contributed by atoms with Crippen LogP contribution in [0.25, 0.3) is 11.3 Å². The van der Waals surface area contributed by atoms with Crippen molar-refractivity contribution in [1.29, 1.82) is 0 Å². The highest BCUT2D eigenvalue weighted by Crippen LogP contribution is 2.43. The third kappa shape index (κ3) is 11.3. The summed E-state index contributed by atoms with van der Waals surface area (Å²) in [7, 11) is 3.42. The summed E-state index contributed by atoms with van der Waals surface area (Å²) in [6, 6.07) is 12.0. The van der Waals surface area contributed by atoms with Crippen LogP contribution in [0.1, 0.15) is 37.7 Å². The molecule has 0 bridgehead atoms. The summed E-state index contributed by atoms with van der Waals surface area (Å²) in [6.45, 7) is 5.13. The van der Waals surface area contributed by atoms with Crippen LogP contribution in [0.2, 0.25) is 0 Å². The lowest BCUT2D eigenvalue weighted by atomic mass is 9.79. The molecule has 56 heavy (non-hydrogen) atoms. The van der Waals surface area contributed by atoms with Crippen LogP contribution in [0.5, 0.6) is 0 Å². The van der Waals surface area contributed by atoms with E-state index < -0.39 is 47.7 Å². The number of hydrogen-bond donors (Lipinski definition) is 2. The molecule has 2 N–H and O–H groups in total. The van der Waals surface area contributed by atoms with Gasteiger partial charge < -0.3 is 34.2 Å². The van der Waals surface area contributed by atoms with Crippen LogP contribution in [0.4, 0.5) is 13.2 Å². The first kappa shape index (κ1) is 43.8. The van der Waals surface area contributed by atoms with Gasteiger partial charge in [-0.2, -0.15) is 0 Å². The first-order valence-electron chi connectivity index (χ1n) is 18.3. The van der Waals surface area contributed by atoms with E-state index >= 15 is 4.39 Å². The molecule has 304 valence electrons. The molecule has 0 spiro atoms. The molecule has 3 aromatic rings. The zero-order chi connectivity index (χ0) is 41.0. The Hall–Kier alpha value is -4.90. The standard InChI is InChI=1S/C31H39F3N4O3.C9H12N2O4/c1-31(2,12-13-41-4)29(38(28(40)20-39)17-22-16-36(3)18-26(22)34)30-35-27(24-14-23(32)10-11-25(24)33)19-37(30)15-21-8-6-5-7-9-21;12-6-5-10(7-13)3-4-11-8(14)1-2-9(11)15/h5-11,14,19,22,26,29,39H,12-13,15-18,20H2,1-4H3;1-2,7,12H,3-6H2. The van der Waals surface area contributed by atoms with Crippen molar-refractivity contribution in [1.82, 2.24) is 29.2 Å². The zero-order valence-corrected chi connectivity index (χ0v) is 32.2. The molecule has 2 aliphatic rings. The number of aliphatic hydroxyl groups is 2. The second kappa shape index (κ2) is 20.3. The van der Waals surface area contributed by atoms with Gasteiger partial charge in [-0.3, -0.25) is 24.1 Å². The average Bonchev–Trinajstić information content (AvgIpc) is 3.84. The quantitative estimate of drug-likeness (QED) is 0.147. The summed E-state index contributed by atoms with van der Waals surface area (Å²) in [5.74, 6) is -2.56. The smallest absolute Gasteiger partial charge is 0.253 e. The number of carbonyl (C=O) groups excluding carboxylic acids is 4. The van der Waals surface area contributed by atoms with Crippen molar-refractivity contribution in [3.63, 3.8) is 0 Å². The van der Waals surface area contributed by atoms with Gasteiger partial charge in [-0.1, -0.05) is 44.2 Å². The van der Waals surface area contributed by atoms with Crippen LogP contribution in [-0.2, 0) is 30.5 Å². The fraction of sp³-hybridized carbons (Fsp3) is 0.475. The molecule has 0 radical (unpaired) electrons. The molecule has 5 rings (SSSR count). The van der Waals surface area contributed by atoms with E-state index in [9.17, 15) is 33.1 Å². The Balaban J connectivity index is 0.000000389. The van der Waals surface area contributed by atoms with E-state index in [0.717, 1.165) is 28.7 Å². The fourth-order valence-electron chi connectivity index (χ4n) is 6.92. The van der Waals surface area contributed by atoms with Gasteiger partial charge in [-0.05, 0) is 42.6 Å². The summed E-state index contributed by atoms with van der Waals surface area (Å²) in [4.78, 5) is 56.7. The molecule has 2 aromatic carbocycles. The number of aliphatic hydroxyl groups excluding tert-OH is 2. The van der Waals surface area contributed by atoms with E-state index in [4.69, 9.17) is 14.8 Å². The van der Waals surface area contributed by atoms with Crippen LogP contribution in [-0.4, -0.2) is 143 Å². The van der Waals surface area contributed by atoms with Crippen LogP contribution in [0.3, 0.4) is 0 Å². The van der Waals surface area contributed by atoms with Crippen LogP contribution < -0.4 is 0 Å². The van der Waals surface area contributed by atoms with Gasteiger partial charge >= 0.3 is 0 Å². The second-order valence-electron chi connectivity index (χ2n) is 14.6. The van der Waals surface area contributed by atoms with Crippen LogP contribution in [0, 0.1) is 23.0 Å². The molecule has 4 amide bonds. The normalized spacial score (nSPS) is 17.6. The maximum absolute atomic E-state index is 15.0. The van der Waals surface area contributed by atoms with E-state index in [0.29, 0.717) is 38.4 Å². The molecule has 0 saturated carbocycles. The number of ether oxygens (including phenoxy) is 1. The number of hydrogen-bond acceptors (Lipinski definition) is 9. The van der Waals surface area contributed by atoms with Crippen molar-refractivity contribution in [3.8, 4) is 11.3 Å². The van der Waals surface area contributed by atoms with Crippen molar-refractivity contribution in [3.05, 3.63) is 89.9 Å². The minimum Gasteiger partial charge on any atom is -0.395 e. The van der Waals surface area contributed by atoms with Crippen molar-refractivity contribution in [2.45, 2.75) is 39.0 Å². The molecule has 3 unspecified atom stereocenters. The first-order chi connectivity index (χ1) is 26.7. The highest BCUT2D eigenvalue weighted by atomic mass is 19.1. The fourth-order valence-corrected chi connectivity index (χ4v) is 6.92. The number of rotatable bonds is 18. The summed E-state index contributed by atoms with van der Waals surface area (Å²) in [5.41, 5.74) is 0.468. The highest BCUT2D eigenvalue weighted by molar-refractivity contribution is 6.12. The minimum absolute atomic E-state index is 0.00668. The number of alkyl halides is 1. The topological polar surface area (TPSA) is 149 Å². The van der Waals surface area contributed by atoms with Crippen LogP contribution in [0.15, 0.2) is 66.9 Å². The van der Waals surface area contributed by atoms with Crippen molar-refractivity contribution in [2.24, 2.45) is 11.3 Å². The largest absolute Gasteiger partial charge is 0.395 e. The summed E-state index contributed by atoms with van der Waals surface area (Å²) in [6.07, 6.45) is 3.99. The van der Waals surface area contributed by atoms with Gasteiger partial charge in [0.2, 0.25) is 12.3 Å². The number of nitrogens with zero attached hydrogens (tertiary/aromatic N) is 6. The number of likely N-dealkylation sites (tertiary alicyclic amines) is 1. The molecule has 1 fully saturated rings. The number of benzene rings is 2. The number of imidazole rings is 1. The lowest BCUT2D eigenvalue weighted by molar-refractivity contribution is -0.141. The molecular weight excluding hydrogens is 733 g/mol. The minimum atomic E-state index is -1.14. The lowest BCUT2D eigenvalue weighted by Gasteiger charge is -2.43. The van der Waals surface area contributed by atoms with Gasteiger partial charge in [0.1, 0.15) is 30.2 Å². The molecule has 2 aliphatic heterocycles. The van der Waals surface area contributed by atoms with E-state index in [2.05, 4.69) is 0 Å². The molecule has 13 nitrogen and oxygen atoms in total. The monoisotopic (exact) mass is 784 g/mol. The second-order valence-corrected chi connectivity index (χ2v) is 14.6. The summed E-state index contributed by atoms with van der Waals surface area (Å²) >= 11 is 0. The van der Waals surface area contributed by atoms with E-state index in [-0.39, 0.29) is 62.4 Å². The number of methoxy groups -OCH3 is 1. The predicted octanol–water partition coefficient (Wildman–Crippen LogP) is 3.06. The Bertz CT molecular complexity index is 1810. The Morgan fingerprint density at radius 1 is 1.07 bits per heavy atom. The Morgan fingerprint density at radius 2 is 1.77 bits per heavy atom. The first-order valence-corrected chi connectivity index (χ1v) is 18.3. The maximum atomic E-state index is 15.0. The molecule has 16 heteroatoms. The highest BCUT2D eigenvalue weighted by Gasteiger charge is 2.43. The maximum Gasteiger partial charge on any atom is 0.253 e.